The molecule has 0 aromatic heterocycles. The Hall–Kier alpha value is -1.15. The molecule has 22 heavy (non-hydrogen) atoms. The summed E-state index contributed by atoms with van der Waals surface area (Å²) in [5, 5.41) is 12.7. The lowest BCUT2D eigenvalue weighted by Crippen LogP contribution is -2.52. The van der Waals surface area contributed by atoms with Crippen molar-refractivity contribution < 1.29 is 9.53 Å². The molecule has 1 aromatic carbocycles. The molecule has 0 aliphatic heterocycles. The highest BCUT2D eigenvalue weighted by Gasteiger charge is 2.32. The number of nitrogens with one attached hydrogen (secondary N) is 1. The van der Waals surface area contributed by atoms with E-state index in [4.69, 9.17) is 39.5 Å². The molecule has 2 atom stereocenters. The second-order valence-electron chi connectivity index (χ2n) is 5.41. The van der Waals surface area contributed by atoms with Gasteiger partial charge >= 0.3 is 0 Å². The zero-order valence-corrected chi connectivity index (χ0v) is 15.0. The van der Waals surface area contributed by atoms with E-state index in [0.717, 1.165) is 0 Å². The van der Waals surface area contributed by atoms with Gasteiger partial charge in [-0.3, -0.25) is 4.79 Å². The number of carbonyl (C=O) groups excluding carboxylic acids is 1. The molecule has 0 saturated heterocycles. The van der Waals surface area contributed by atoms with Gasteiger partial charge in [-0.15, -0.1) is 0 Å². The fourth-order valence-corrected chi connectivity index (χ4v) is 2.08. The van der Waals surface area contributed by atoms with Crippen LogP contribution in [0.5, 0.6) is 5.75 Å². The Balaban J connectivity index is 2.86. The normalized spacial score (nSPS) is 14.9. The highest BCUT2D eigenvalue weighted by atomic mass is 35.5. The summed E-state index contributed by atoms with van der Waals surface area (Å²) in [7, 11) is 0. The van der Waals surface area contributed by atoms with Gasteiger partial charge in [-0.25, -0.2) is 0 Å². The maximum absolute atomic E-state index is 12.2. The molecule has 1 rings (SSSR count). The van der Waals surface area contributed by atoms with Gasteiger partial charge in [0.2, 0.25) is 0 Å². The predicted molar refractivity (Wildman–Crippen MR) is 88.6 cm³/mol. The standard InChI is InChI=1S/C15H17Cl3N2O2/c1-8(2)15(4,7-19)20-14(21)9(3)22-13-6-11(17)10(16)5-12(13)18/h5-6,8-9H,1-4H3,(H,20,21)/t9-,15+/m0/s1. The second kappa shape index (κ2) is 7.41. The van der Waals surface area contributed by atoms with Crippen LogP contribution in [0, 0.1) is 17.2 Å². The number of benzene rings is 1. The van der Waals surface area contributed by atoms with E-state index in [1.807, 2.05) is 13.8 Å². The van der Waals surface area contributed by atoms with Gasteiger partial charge in [0.15, 0.2) is 6.10 Å². The summed E-state index contributed by atoms with van der Waals surface area (Å²) < 4.78 is 5.52. The Morgan fingerprint density at radius 2 is 1.77 bits per heavy atom. The number of nitriles is 1. The predicted octanol–water partition coefficient (Wildman–Crippen LogP) is 4.47. The van der Waals surface area contributed by atoms with E-state index in [-0.39, 0.29) is 21.7 Å². The van der Waals surface area contributed by atoms with Gasteiger partial charge in [0.1, 0.15) is 11.3 Å². The minimum Gasteiger partial charge on any atom is -0.479 e. The zero-order chi connectivity index (χ0) is 17.1. The SMILES string of the molecule is CC(C)[C@@](C)(C#N)NC(=O)[C@H](C)Oc1cc(Cl)c(Cl)cc1Cl. The lowest BCUT2D eigenvalue weighted by molar-refractivity contribution is -0.128. The second-order valence-corrected chi connectivity index (χ2v) is 6.64. The van der Waals surface area contributed by atoms with Crippen LogP contribution in [0.25, 0.3) is 0 Å². The van der Waals surface area contributed by atoms with Crippen LogP contribution in [-0.4, -0.2) is 17.6 Å². The fraction of sp³-hybridized carbons (Fsp3) is 0.467. The number of amides is 1. The maximum Gasteiger partial charge on any atom is 0.262 e. The minimum atomic E-state index is -0.976. The number of ether oxygens (including phenoxy) is 1. The summed E-state index contributed by atoms with van der Waals surface area (Å²) in [5.74, 6) is -0.218. The van der Waals surface area contributed by atoms with E-state index in [2.05, 4.69) is 11.4 Å². The molecule has 0 aliphatic rings. The van der Waals surface area contributed by atoms with E-state index < -0.39 is 17.6 Å². The van der Waals surface area contributed by atoms with Crippen molar-refractivity contribution in [2.75, 3.05) is 0 Å². The van der Waals surface area contributed by atoms with Crippen LogP contribution in [0.2, 0.25) is 15.1 Å². The lowest BCUT2D eigenvalue weighted by Gasteiger charge is -2.29. The first-order valence-corrected chi connectivity index (χ1v) is 7.78. The zero-order valence-electron chi connectivity index (χ0n) is 12.7. The van der Waals surface area contributed by atoms with Crippen LogP contribution in [0.4, 0.5) is 0 Å². The van der Waals surface area contributed by atoms with Gasteiger partial charge in [-0.2, -0.15) is 5.26 Å². The van der Waals surface area contributed by atoms with Crippen molar-refractivity contribution in [1.29, 1.82) is 5.26 Å². The van der Waals surface area contributed by atoms with Crippen molar-refractivity contribution in [2.24, 2.45) is 5.92 Å². The van der Waals surface area contributed by atoms with Crippen molar-refractivity contribution in [3.05, 3.63) is 27.2 Å². The highest BCUT2D eigenvalue weighted by Crippen LogP contribution is 2.34. The van der Waals surface area contributed by atoms with E-state index in [0.29, 0.717) is 5.02 Å². The van der Waals surface area contributed by atoms with Crippen LogP contribution in [0.15, 0.2) is 12.1 Å². The van der Waals surface area contributed by atoms with Gasteiger partial charge < -0.3 is 10.1 Å². The maximum atomic E-state index is 12.2. The van der Waals surface area contributed by atoms with Crippen molar-refractivity contribution >= 4 is 40.7 Å². The molecular formula is C15H17Cl3N2O2. The Morgan fingerprint density at radius 3 is 2.27 bits per heavy atom. The third-order valence-corrected chi connectivity index (χ3v) is 4.44. The molecule has 0 aliphatic carbocycles. The van der Waals surface area contributed by atoms with E-state index in [1.165, 1.54) is 12.1 Å². The average Bonchev–Trinajstić information content (AvgIpc) is 2.44. The van der Waals surface area contributed by atoms with Crippen molar-refractivity contribution in [3.63, 3.8) is 0 Å². The summed E-state index contributed by atoms with van der Waals surface area (Å²) in [6.45, 7) is 6.93. The summed E-state index contributed by atoms with van der Waals surface area (Å²) >= 11 is 17.8. The summed E-state index contributed by atoms with van der Waals surface area (Å²) in [4.78, 5) is 12.2. The third kappa shape index (κ3) is 4.42. The molecule has 1 amide bonds. The summed E-state index contributed by atoms with van der Waals surface area (Å²) in [6.07, 6.45) is -0.846. The first-order valence-electron chi connectivity index (χ1n) is 6.65. The van der Waals surface area contributed by atoms with Crippen LogP contribution in [0.1, 0.15) is 27.7 Å². The van der Waals surface area contributed by atoms with E-state index >= 15 is 0 Å². The topological polar surface area (TPSA) is 62.1 Å². The fourth-order valence-electron chi connectivity index (χ4n) is 1.50. The Morgan fingerprint density at radius 1 is 1.23 bits per heavy atom. The van der Waals surface area contributed by atoms with Crippen molar-refractivity contribution in [1.82, 2.24) is 5.32 Å². The molecule has 1 N–H and O–H groups in total. The molecule has 7 heteroatoms. The van der Waals surface area contributed by atoms with Crippen LogP contribution >= 0.6 is 34.8 Å². The quantitative estimate of drug-likeness (QED) is 0.785. The molecule has 0 spiro atoms. The monoisotopic (exact) mass is 362 g/mol. The summed E-state index contributed by atoms with van der Waals surface area (Å²) in [5.41, 5.74) is -0.976. The van der Waals surface area contributed by atoms with Crippen LogP contribution in [0.3, 0.4) is 0 Å². The minimum absolute atomic E-state index is 0.0535. The Bertz CT molecular complexity index is 614. The van der Waals surface area contributed by atoms with Gasteiger partial charge in [-0.1, -0.05) is 48.7 Å². The lowest BCUT2D eigenvalue weighted by atomic mass is 9.90. The molecule has 0 unspecified atom stereocenters. The van der Waals surface area contributed by atoms with Crippen molar-refractivity contribution in [3.8, 4) is 11.8 Å². The molecular weight excluding hydrogens is 347 g/mol. The summed E-state index contributed by atoms with van der Waals surface area (Å²) in [6, 6.07) is 4.99. The number of hydrogen-bond acceptors (Lipinski definition) is 3. The molecule has 120 valence electrons. The number of hydrogen-bond donors (Lipinski definition) is 1. The molecule has 0 bridgehead atoms. The smallest absolute Gasteiger partial charge is 0.262 e. The molecule has 4 nitrogen and oxygen atoms in total. The molecule has 0 radical (unpaired) electrons. The Kier molecular flexibility index (Phi) is 6.37. The van der Waals surface area contributed by atoms with Gasteiger partial charge in [0.05, 0.1) is 21.1 Å². The highest BCUT2D eigenvalue weighted by molar-refractivity contribution is 6.43. The van der Waals surface area contributed by atoms with Gasteiger partial charge in [0, 0.05) is 6.07 Å². The van der Waals surface area contributed by atoms with E-state index in [9.17, 15) is 10.1 Å². The molecule has 0 saturated carbocycles. The molecule has 0 fully saturated rings. The van der Waals surface area contributed by atoms with Crippen molar-refractivity contribution in [2.45, 2.75) is 39.3 Å². The van der Waals surface area contributed by atoms with Crippen LogP contribution < -0.4 is 10.1 Å². The molecule has 0 heterocycles. The average molecular weight is 364 g/mol. The first kappa shape index (κ1) is 18.9. The van der Waals surface area contributed by atoms with Gasteiger partial charge in [-0.05, 0) is 25.8 Å². The van der Waals surface area contributed by atoms with E-state index in [1.54, 1.807) is 13.8 Å². The number of nitrogens with zero attached hydrogens (tertiary/aromatic N) is 1. The largest absolute Gasteiger partial charge is 0.479 e. The number of rotatable bonds is 5. The van der Waals surface area contributed by atoms with Crippen LogP contribution in [-0.2, 0) is 4.79 Å². The first-order chi connectivity index (χ1) is 10.1. The van der Waals surface area contributed by atoms with Gasteiger partial charge in [0.25, 0.3) is 5.91 Å². The number of halogens is 3. The third-order valence-electron chi connectivity index (χ3n) is 3.42. The molecule has 1 aromatic rings. The Labute approximate surface area is 145 Å². The number of carbonyl (C=O) groups is 1.